The van der Waals surface area contributed by atoms with E-state index in [1.807, 2.05) is 24.7 Å². The Bertz CT molecular complexity index is 502. The van der Waals surface area contributed by atoms with Crippen LogP contribution in [0.25, 0.3) is 0 Å². The van der Waals surface area contributed by atoms with E-state index >= 15 is 0 Å². The number of rotatable bonds is 4. The summed E-state index contributed by atoms with van der Waals surface area (Å²) in [7, 11) is 1.88. The summed E-state index contributed by atoms with van der Waals surface area (Å²) in [6, 6.07) is 0. The predicted molar refractivity (Wildman–Crippen MR) is 60.5 cm³/mol. The minimum absolute atomic E-state index is 0.0427. The highest BCUT2D eigenvalue weighted by atomic mass is 32.1. The first kappa shape index (κ1) is 10.9. The monoisotopic (exact) mass is 236 g/mol. The molecule has 0 aliphatic carbocycles. The smallest absolute Gasteiger partial charge is 0.183 e. The molecule has 0 amide bonds. The molecule has 0 saturated heterocycles. The SMILES string of the molecule is CCc1nnsc1C(=O)Cc1nccn1C. The molecule has 0 aromatic carbocycles. The first-order valence-corrected chi connectivity index (χ1v) is 5.80. The van der Waals surface area contributed by atoms with Crippen LogP contribution in [-0.2, 0) is 19.9 Å². The molecule has 2 aromatic heterocycles. The van der Waals surface area contributed by atoms with E-state index in [1.165, 1.54) is 0 Å². The van der Waals surface area contributed by atoms with Crippen LogP contribution in [0.4, 0.5) is 0 Å². The lowest BCUT2D eigenvalue weighted by Gasteiger charge is -2.00. The lowest BCUT2D eigenvalue weighted by atomic mass is 10.2. The quantitative estimate of drug-likeness (QED) is 0.750. The Morgan fingerprint density at radius 1 is 1.56 bits per heavy atom. The Kier molecular flexibility index (Phi) is 3.09. The van der Waals surface area contributed by atoms with E-state index in [1.54, 1.807) is 6.20 Å². The fourth-order valence-electron chi connectivity index (χ4n) is 1.44. The van der Waals surface area contributed by atoms with Crippen molar-refractivity contribution in [1.82, 2.24) is 19.1 Å². The van der Waals surface area contributed by atoms with Crippen LogP contribution in [0.2, 0.25) is 0 Å². The average molecular weight is 236 g/mol. The second kappa shape index (κ2) is 4.52. The minimum atomic E-state index is 0.0427. The van der Waals surface area contributed by atoms with Crippen molar-refractivity contribution in [3.63, 3.8) is 0 Å². The highest BCUT2D eigenvalue weighted by Crippen LogP contribution is 2.14. The van der Waals surface area contributed by atoms with Gasteiger partial charge in [-0.3, -0.25) is 4.79 Å². The summed E-state index contributed by atoms with van der Waals surface area (Å²) in [5, 5.41) is 3.93. The molecule has 2 rings (SSSR count). The summed E-state index contributed by atoms with van der Waals surface area (Å²) in [5.41, 5.74) is 0.782. The van der Waals surface area contributed by atoms with Gasteiger partial charge in [0, 0.05) is 19.4 Å². The minimum Gasteiger partial charge on any atom is -0.338 e. The lowest BCUT2D eigenvalue weighted by molar-refractivity contribution is 0.0993. The molecule has 0 saturated carbocycles. The van der Waals surface area contributed by atoms with Gasteiger partial charge in [-0.1, -0.05) is 11.4 Å². The normalized spacial score (nSPS) is 10.6. The number of nitrogens with zero attached hydrogens (tertiary/aromatic N) is 4. The molecule has 0 aliphatic rings. The number of Topliss-reactive ketones (excluding diaryl/α,β-unsaturated/α-hetero) is 1. The van der Waals surface area contributed by atoms with Crippen LogP contribution in [0.3, 0.4) is 0 Å². The zero-order chi connectivity index (χ0) is 11.5. The number of carbonyl (C=O) groups excluding carboxylic acids is 1. The van der Waals surface area contributed by atoms with Crippen LogP contribution >= 0.6 is 11.5 Å². The van der Waals surface area contributed by atoms with Gasteiger partial charge >= 0.3 is 0 Å². The molecule has 0 spiro atoms. The van der Waals surface area contributed by atoms with Crippen LogP contribution in [0.15, 0.2) is 12.4 Å². The molecule has 0 atom stereocenters. The lowest BCUT2D eigenvalue weighted by Crippen LogP contribution is -2.08. The number of imidazole rings is 1. The Hall–Kier alpha value is -1.56. The highest BCUT2D eigenvalue weighted by molar-refractivity contribution is 7.08. The number of carbonyl (C=O) groups is 1. The first-order chi connectivity index (χ1) is 7.72. The first-order valence-electron chi connectivity index (χ1n) is 5.03. The molecule has 2 aromatic rings. The fraction of sp³-hybridized carbons (Fsp3) is 0.400. The zero-order valence-electron chi connectivity index (χ0n) is 9.17. The molecule has 0 radical (unpaired) electrons. The van der Waals surface area contributed by atoms with Crippen molar-refractivity contribution >= 4 is 17.3 Å². The number of hydrogen-bond acceptors (Lipinski definition) is 5. The Balaban J connectivity index is 2.18. The average Bonchev–Trinajstić information content (AvgIpc) is 2.87. The van der Waals surface area contributed by atoms with Gasteiger partial charge in [0.05, 0.1) is 12.1 Å². The maximum absolute atomic E-state index is 12.0. The van der Waals surface area contributed by atoms with Crippen LogP contribution < -0.4 is 0 Å². The van der Waals surface area contributed by atoms with E-state index in [0.717, 1.165) is 29.5 Å². The summed E-state index contributed by atoms with van der Waals surface area (Å²) in [6.07, 6.45) is 4.56. The van der Waals surface area contributed by atoms with Gasteiger partial charge in [-0.15, -0.1) is 5.10 Å². The number of aryl methyl sites for hydroxylation is 2. The van der Waals surface area contributed by atoms with Gasteiger partial charge in [0.15, 0.2) is 5.78 Å². The standard InChI is InChI=1S/C10H12N4OS/c1-3-7-10(16-13-12-7)8(15)6-9-11-4-5-14(9)2/h4-5H,3,6H2,1-2H3. The molecule has 0 N–H and O–H groups in total. The molecular formula is C10H12N4OS. The molecule has 0 bridgehead atoms. The number of hydrogen-bond donors (Lipinski definition) is 0. The van der Waals surface area contributed by atoms with Crippen molar-refractivity contribution in [2.75, 3.05) is 0 Å². The predicted octanol–water partition coefficient (Wildman–Crippen LogP) is 1.26. The van der Waals surface area contributed by atoms with Gasteiger partial charge in [0.25, 0.3) is 0 Å². The molecule has 2 heterocycles. The number of aromatic nitrogens is 4. The van der Waals surface area contributed by atoms with Crippen molar-refractivity contribution in [1.29, 1.82) is 0 Å². The molecule has 5 nitrogen and oxygen atoms in total. The highest BCUT2D eigenvalue weighted by Gasteiger charge is 2.16. The van der Waals surface area contributed by atoms with Gasteiger partial charge in [0.2, 0.25) is 0 Å². The summed E-state index contributed by atoms with van der Waals surface area (Å²) >= 11 is 1.16. The zero-order valence-corrected chi connectivity index (χ0v) is 9.99. The third kappa shape index (κ3) is 2.01. The largest absolute Gasteiger partial charge is 0.338 e. The third-order valence-electron chi connectivity index (χ3n) is 2.38. The molecule has 0 unspecified atom stereocenters. The van der Waals surface area contributed by atoms with Gasteiger partial charge in [-0.05, 0) is 18.0 Å². The Morgan fingerprint density at radius 2 is 2.38 bits per heavy atom. The summed E-state index contributed by atoms with van der Waals surface area (Å²) in [4.78, 5) is 16.8. The van der Waals surface area contributed by atoms with E-state index in [0.29, 0.717) is 11.3 Å². The topological polar surface area (TPSA) is 60.7 Å². The van der Waals surface area contributed by atoms with Crippen molar-refractivity contribution in [3.8, 4) is 0 Å². The molecule has 6 heteroatoms. The molecule has 0 fully saturated rings. The van der Waals surface area contributed by atoms with E-state index in [4.69, 9.17) is 0 Å². The molecule has 0 aliphatic heterocycles. The second-order valence-corrected chi connectivity index (χ2v) is 4.21. The van der Waals surface area contributed by atoms with E-state index in [9.17, 15) is 4.79 Å². The van der Waals surface area contributed by atoms with Crippen LogP contribution in [0.5, 0.6) is 0 Å². The molecular weight excluding hydrogens is 224 g/mol. The summed E-state index contributed by atoms with van der Waals surface area (Å²) in [6.45, 7) is 1.97. The van der Waals surface area contributed by atoms with Crippen molar-refractivity contribution < 1.29 is 4.79 Å². The van der Waals surface area contributed by atoms with E-state index in [2.05, 4.69) is 14.6 Å². The van der Waals surface area contributed by atoms with Gasteiger partial charge < -0.3 is 4.57 Å². The summed E-state index contributed by atoms with van der Waals surface area (Å²) < 4.78 is 5.65. The Morgan fingerprint density at radius 3 is 3.00 bits per heavy atom. The summed E-state index contributed by atoms with van der Waals surface area (Å²) in [5.74, 6) is 0.807. The third-order valence-corrected chi connectivity index (χ3v) is 3.19. The van der Waals surface area contributed by atoms with Crippen molar-refractivity contribution in [3.05, 3.63) is 28.8 Å². The molecule has 84 valence electrons. The molecule has 16 heavy (non-hydrogen) atoms. The van der Waals surface area contributed by atoms with Crippen molar-refractivity contribution in [2.24, 2.45) is 7.05 Å². The van der Waals surface area contributed by atoms with Crippen molar-refractivity contribution in [2.45, 2.75) is 19.8 Å². The Labute approximate surface area is 97.3 Å². The second-order valence-electron chi connectivity index (χ2n) is 3.46. The maximum atomic E-state index is 12.0. The van der Waals surface area contributed by atoms with Gasteiger partial charge in [-0.25, -0.2) is 4.98 Å². The van der Waals surface area contributed by atoms with Gasteiger partial charge in [0.1, 0.15) is 10.7 Å². The van der Waals surface area contributed by atoms with Crippen LogP contribution in [0.1, 0.15) is 28.1 Å². The van der Waals surface area contributed by atoms with E-state index < -0.39 is 0 Å². The maximum Gasteiger partial charge on any atom is 0.183 e. The van der Waals surface area contributed by atoms with Gasteiger partial charge in [-0.2, -0.15) is 0 Å². The van der Waals surface area contributed by atoms with E-state index in [-0.39, 0.29) is 5.78 Å². The van der Waals surface area contributed by atoms with Crippen LogP contribution in [-0.4, -0.2) is 24.9 Å². The van der Waals surface area contributed by atoms with Crippen LogP contribution in [0, 0.1) is 0 Å². The number of ketones is 1. The fourth-order valence-corrected chi connectivity index (χ4v) is 2.13.